The Bertz CT molecular complexity index is 1260. The van der Waals surface area contributed by atoms with Crippen LogP contribution in [0.5, 0.6) is 0 Å². The monoisotopic (exact) mass is 465 g/mol. The van der Waals surface area contributed by atoms with Gasteiger partial charge in [0.2, 0.25) is 0 Å². The van der Waals surface area contributed by atoms with Crippen molar-refractivity contribution in [2.75, 3.05) is 13.1 Å². The second-order valence-corrected chi connectivity index (χ2v) is 8.41. The van der Waals surface area contributed by atoms with Crippen molar-refractivity contribution in [2.45, 2.75) is 18.9 Å². The number of hydrogen-bond acceptors (Lipinski definition) is 3. The average Bonchev–Trinajstić information content (AvgIpc) is 3.38. The zero-order valence-electron chi connectivity index (χ0n) is 16.2. The summed E-state index contributed by atoms with van der Waals surface area (Å²) >= 11 is 3.42. The first-order valence-corrected chi connectivity index (χ1v) is 10.7. The molecule has 1 aliphatic rings. The maximum absolute atomic E-state index is 13.0. The predicted octanol–water partition coefficient (Wildman–Crippen LogP) is 3.76. The molecule has 8 heteroatoms. The number of likely N-dealkylation sites (tertiary alicyclic amines) is 1. The highest BCUT2D eigenvalue weighted by Gasteiger charge is 2.27. The van der Waals surface area contributed by atoms with Crippen molar-refractivity contribution in [1.29, 1.82) is 0 Å². The summed E-state index contributed by atoms with van der Waals surface area (Å²) in [6, 6.07) is 15.6. The molecule has 0 spiro atoms. The van der Waals surface area contributed by atoms with E-state index in [4.69, 9.17) is 0 Å². The zero-order valence-corrected chi connectivity index (χ0v) is 17.7. The zero-order chi connectivity index (χ0) is 20.7. The molecule has 1 amide bonds. The number of para-hydroxylation sites is 2. The molecule has 2 aromatic carbocycles. The number of piperidine rings is 1. The summed E-state index contributed by atoms with van der Waals surface area (Å²) < 4.78 is 4.53. The summed E-state index contributed by atoms with van der Waals surface area (Å²) in [6.45, 7) is 1.22. The number of H-pyrrole nitrogens is 1. The van der Waals surface area contributed by atoms with Gasteiger partial charge in [0.1, 0.15) is 0 Å². The van der Waals surface area contributed by atoms with Crippen LogP contribution in [0, 0.1) is 0 Å². The van der Waals surface area contributed by atoms with Gasteiger partial charge >= 0.3 is 5.69 Å². The summed E-state index contributed by atoms with van der Waals surface area (Å²) in [6.07, 6.45) is 4.87. The summed E-state index contributed by atoms with van der Waals surface area (Å²) in [5, 5.41) is 4.34. The molecule has 1 N–H and O–H groups in total. The lowest BCUT2D eigenvalue weighted by atomic mass is 10.0. The summed E-state index contributed by atoms with van der Waals surface area (Å²) in [5.74, 6) is -0.0249. The number of nitrogens with one attached hydrogen (secondary N) is 1. The lowest BCUT2D eigenvalue weighted by Gasteiger charge is -2.32. The molecule has 4 aromatic rings. The molecule has 5 rings (SSSR count). The summed E-state index contributed by atoms with van der Waals surface area (Å²) in [7, 11) is 0. The van der Waals surface area contributed by atoms with Gasteiger partial charge in [-0.25, -0.2) is 9.48 Å². The van der Waals surface area contributed by atoms with Gasteiger partial charge in [-0.05, 0) is 49.2 Å². The lowest BCUT2D eigenvalue weighted by molar-refractivity contribution is 0.0695. The lowest BCUT2D eigenvalue weighted by Crippen LogP contribution is -2.40. The molecule has 0 saturated carbocycles. The molecule has 0 bridgehead atoms. The van der Waals surface area contributed by atoms with E-state index in [1.54, 1.807) is 17.1 Å². The Hall–Kier alpha value is -3.13. The van der Waals surface area contributed by atoms with Gasteiger partial charge in [0, 0.05) is 29.8 Å². The molecule has 1 fully saturated rings. The van der Waals surface area contributed by atoms with E-state index >= 15 is 0 Å². The van der Waals surface area contributed by atoms with Crippen molar-refractivity contribution in [2.24, 2.45) is 0 Å². The predicted molar refractivity (Wildman–Crippen MR) is 118 cm³/mol. The largest absolute Gasteiger partial charge is 0.338 e. The Kier molecular flexibility index (Phi) is 4.78. The van der Waals surface area contributed by atoms with Crippen LogP contribution in [0.3, 0.4) is 0 Å². The molecule has 0 radical (unpaired) electrons. The molecule has 152 valence electrons. The molecule has 1 saturated heterocycles. The fourth-order valence-corrected chi connectivity index (χ4v) is 4.38. The van der Waals surface area contributed by atoms with Gasteiger partial charge in [0.15, 0.2) is 0 Å². The Balaban J connectivity index is 1.30. The van der Waals surface area contributed by atoms with Crippen molar-refractivity contribution in [3.8, 4) is 5.69 Å². The van der Waals surface area contributed by atoms with Gasteiger partial charge in [0.05, 0.1) is 28.5 Å². The maximum atomic E-state index is 13.0. The highest BCUT2D eigenvalue weighted by atomic mass is 79.9. The van der Waals surface area contributed by atoms with Crippen LogP contribution >= 0.6 is 15.9 Å². The molecule has 2 aromatic heterocycles. The Morgan fingerprint density at radius 1 is 1.07 bits per heavy atom. The van der Waals surface area contributed by atoms with Gasteiger partial charge in [-0.15, -0.1) is 0 Å². The van der Waals surface area contributed by atoms with E-state index in [2.05, 4.69) is 26.0 Å². The highest BCUT2D eigenvalue weighted by Crippen LogP contribution is 2.26. The summed E-state index contributed by atoms with van der Waals surface area (Å²) in [5.41, 5.74) is 3.15. The van der Waals surface area contributed by atoms with Gasteiger partial charge < -0.3 is 9.88 Å². The van der Waals surface area contributed by atoms with Gasteiger partial charge in [-0.1, -0.05) is 28.1 Å². The molecule has 30 heavy (non-hydrogen) atoms. The molecule has 3 heterocycles. The second kappa shape index (κ2) is 7.60. The van der Waals surface area contributed by atoms with Crippen LogP contribution in [0.2, 0.25) is 0 Å². The van der Waals surface area contributed by atoms with E-state index in [0.29, 0.717) is 18.7 Å². The van der Waals surface area contributed by atoms with Gasteiger partial charge in [-0.2, -0.15) is 5.10 Å². The molecule has 0 aliphatic carbocycles. The number of fused-ring (bicyclic) bond motifs is 1. The van der Waals surface area contributed by atoms with Gasteiger partial charge in [-0.3, -0.25) is 9.36 Å². The number of amides is 1. The first-order chi connectivity index (χ1) is 14.6. The number of aromatic nitrogens is 4. The van der Waals surface area contributed by atoms with Crippen LogP contribution < -0.4 is 5.69 Å². The Morgan fingerprint density at radius 2 is 1.80 bits per heavy atom. The number of benzene rings is 2. The minimum Gasteiger partial charge on any atom is -0.338 e. The minimum absolute atomic E-state index is 0.0249. The topological polar surface area (TPSA) is 75.9 Å². The third-order valence-electron chi connectivity index (χ3n) is 5.66. The fraction of sp³-hybridized carbons (Fsp3) is 0.227. The molecular weight excluding hydrogens is 446 g/mol. The molecular formula is C22H20BrN5O2. The van der Waals surface area contributed by atoms with Crippen LogP contribution in [0.1, 0.15) is 29.2 Å². The number of imidazole rings is 1. The first-order valence-electron chi connectivity index (χ1n) is 9.89. The van der Waals surface area contributed by atoms with Crippen LogP contribution in [-0.2, 0) is 0 Å². The smallest absolute Gasteiger partial charge is 0.326 e. The molecule has 7 nitrogen and oxygen atoms in total. The Labute approximate surface area is 181 Å². The maximum Gasteiger partial charge on any atom is 0.326 e. The van der Waals surface area contributed by atoms with Gasteiger partial charge in [0.25, 0.3) is 5.91 Å². The van der Waals surface area contributed by atoms with Crippen LogP contribution in [0.25, 0.3) is 16.7 Å². The van der Waals surface area contributed by atoms with E-state index in [1.807, 2.05) is 58.0 Å². The number of hydrogen-bond donors (Lipinski definition) is 1. The molecule has 0 unspecified atom stereocenters. The number of carbonyl (C=O) groups is 1. The van der Waals surface area contributed by atoms with E-state index < -0.39 is 0 Å². The minimum atomic E-state index is -0.0863. The number of aromatic amines is 1. The van der Waals surface area contributed by atoms with Crippen LogP contribution in [0.15, 0.2) is 70.2 Å². The standard InChI is InChI=1S/C22H20BrN5O2/c23-16-5-7-17(8-6-16)27-14-15(13-24-27)21(29)26-11-9-18(10-12-26)28-20-4-2-1-3-19(20)25-22(28)30/h1-8,13-14,18H,9-12H2,(H,25,30). The SMILES string of the molecule is O=C(c1cnn(-c2ccc(Br)cc2)c1)N1CCC(n2c(=O)[nH]c3ccccc32)CC1. The van der Waals surface area contributed by atoms with E-state index in [0.717, 1.165) is 34.0 Å². The number of halogens is 1. The van der Waals surface area contributed by atoms with E-state index in [-0.39, 0.29) is 17.6 Å². The average molecular weight is 466 g/mol. The fourth-order valence-electron chi connectivity index (χ4n) is 4.11. The van der Waals surface area contributed by atoms with E-state index in [9.17, 15) is 9.59 Å². The van der Waals surface area contributed by atoms with E-state index in [1.165, 1.54) is 0 Å². The quantitative estimate of drug-likeness (QED) is 0.500. The normalized spacial score (nSPS) is 15.0. The number of rotatable bonds is 3. The van der Waals surface area contributed by atoms with Crippen molar-refractivity contribution in [3.05, 3.63) is 81.4 Å². The highest BCUT2D eigenvalue weighted by molar-refractivity contribution is 9.10. The number of carbonyl (C=O) groups excluding carboxylic acids is 1. The Morgan fingerprint density at radius 3 is 2.57 bits per heavy atom. The van der Waals surface area contributed by atoms with Crippen molar-refractivity contribution < 1.29 is 4.79 Å². The second-order valence-electron chi connectivity index (χ2n) is 7.49. The number of nitrogens with zero attached hydrogens (tertiary/aromatic N) is 4. The molecule has 1 aliphatic heterocycles. The molecule has 0 atom stereocenters. The third-order valence-corrected chi connectivity index (χ3v) is 6.19. The van der Waals surface area contributed by atoms with Crippen molar-refractivity contribution in [1.82, 2.24) is 24.2 Å². The summed E-state index contributed by atoms with van der Waals surface area (Å²) in [4.78, 5) is 30.2. The third kappa shape index (κ3) is 3.37. The van der Waals surface area contributed by atoms with Crippen molar-refractivity contribution in [3.63, 3.8) is 0 Å². The first kappa shape index (κ1) is 18.9. The van der Waals surface area contributed by atoms with Crippen LogP contribution in [-0.4, -0.2) is 43.2 Å². The van der Waals surface area contributed by atoms with Crippen LogP contribution in [0.4, 0.5) is 0 Å². The van der Waals surface area contributed by atoms with Crippen molar-refractivity contribution >= 4 is 32.9 Å².